The second kappa shape index (κ2) is 2.42. The van der Waals surface area contributed by atoms with Crippen LogP contribution in [-0.2, 0) is 5.41 Å². The minimum atomic E-state index is 0.0486. The average molecular weight is 139 g/mol. The number of aromatic amines is 1. The van der Waals surface area contributed by atoms with E-state index in [1.165, 1.54) is 0 Å². The summed E-state index contributed by atoms with van der Waals surface area (Å²) in [6.07, 6.45) is 3.69. The summed E-state index contributed by atoms with van der Waals surface area (Å²) >= 11 is 0. The molecule has 10 heavy (non-hydrogen) atoms. The molecule has 1 heterocycles. The molecule has 0 aromatic carbocycles. The number of H-pyrrole nitrogens is 1. The molecule has 0 atom stereocenters. The molecule has 0 radical (unpaired) electrons. The standard InChI is InChI=1S/C7H13N3/c1-7(2,5-8)6-3-9-10-4-6/h3-4H,5,8H2,1-2H3,(H,9,10). The van der Waals surface area contributed by atoms with Crippen molar-refractivity contribution in [2.45, 2.75) is 19.3 Å². The van der Waals surface area contributed by atoms with Gasteiger partial charge in [0, 0.05) is 18.2 Å². The van der Waals surface area contributed by atoms with Crippen molar-refractivity contribution in [2.24, 2.45) is 5.73 Å². The van der Waals surface area contributed by atoms with E-state index in [1.807, 2.05) is 12.4 Å². The van der Waals surface area contributed by atoms with Gasteiger partial charge in [0.1, 0.15) is 0 Å². The number of nitrogens with zero attached hydrogens (tertiary/aromatic N) is 1. The van der Waals surface area contributed by atoms with Gasteiger partial charge in [-0.1, -0.05) is 13.8 Å². The van der Waals surface area contributed by atoms with E-state index < -0.39 is 0 Å². The molecule has 0 saturated heterocycles. The van der Waals surface area contributed by atoms with Crippen molar-refractivity contribution in [3.63, 3.8) is 0 Å². The summed E-state index contributed by atoms with van der Waals surface area (Å²) in [4.78, 5) is 0. The van der Waals surface area contributed by atoms with Gasteiger partial charge in [0.25, 0.3) is 0 Å². The zero-order valence-electron chi connectivity index (χ0n) is 6.39. The highest BCUT2D eigenvalue weighted by atomic mass is 15.1. The molecule has 3 heteroatoms. The van der Waals surface area contributed by atoms with Gasteiger partial charge in [-0.25, -0.2) is 0 Å². The van der Waals surface area contributed by atoms with E-state index in [1.54, 1.807) is 0 Å². The van der Waals surface area contributed by atoms with Crippen LogP contribution in [-0.4, -0.2) is 16.7 Å². The molecule has 0 spiro atoms. The molecule has 56 valence electrons. The molecule has 3 nitrogen and oxygen atoms in total. The Hall–Kier alpha value is -0.830. The van der Waals surface area contributed by atoms with E-state index >= 15 is 0 Å². The van der Waals surface area contributed by atoms with Gasteiger partial charge in [-0.2, -0.15) is 5.10 Å². The van der Waals surface area contributed by atoms with Gasteiger partial charge in [0.05, 0.1) is 6.20 Å². The number of rotatable bonds is 2. The van der Waals surface area contributed by atoms with Gasteiger partial charge in [-0.05, 0) is 5.56 Å². The van der Waals surface area contributed by atoms with E-state index in [0.29, 0.717) is 6.54 Å². The van der Waals surface area contributed by atoms with E-state index in [9.17, 15) is 0 Å². The Morgan fingerprint density at radius 3 is 2.80 bits per heavy atom. The molecule has 3 N–H and O–H groups in total. The van der Waals surface area contributed by atoms with Gasteiger partial charge in [-0.3, -0.25) is 5.10 Å². The second-order valence-corrected chi connectivity index (χ2v) is 3.07. The van der Waals surface area contributed by atoms with Gasteiger partial charge < -0.3 is 5.73 Å². The van der Waals surface area contributed by atoms with E-state index in [4.69, 9.17) is 5.73 Å². The minimum Gasteiger partial charge on any atom is -0.330 e. The monoisotopic (exact) mass is 139 g/mol. The Morgan fingerprint density at radius 2 is 2.40 bits per heavy atom. The van der Waals surface area contributed by atoms with Gasteiger partial charge >= 0.3 is 0 Å². The third-order valence-corrected chi connectivity index (χ3v) is 1.79. The minimum absolute atomic E-state index is 0.0486. The number of hydrogen-bond acceptors (Lipinski definition) is 2. The molecule has 0 aliphatic heterocycles. The van der Waals surface area contributed by atoms with Crippen LogP contribution in [0.4, 0.5) is 0 Å². The molecule has 1 aromatic rings. The maximum atomic E-state index is 5.56. The van der Waals surface area contributed by atoms with Crippen molar-refractivity contribution in [3.05, 3.63) is 18.0 Å². The summed E-state index contributed by atoms with van der Waals surface area (Å²) in [6.45, 7) is 4.84. The fourth-order valence-electron chi connectivity index (χ4n) is 0.739. The van der Waals surface area contributed by atoms with E-state index in [2.05, 4.69) is 24.0 Å². The molecule has 1 rings (SSSR count). The second-order valence-electron chi connectivity index (χ2n) is 3.07. The number of nitrogens with one attached hydrogen (secondary N) is 1. The predicted octanol–water partition coefficient (Wildman–Crippen LogP) is 0.646. The molecule has 0 aliphatic rings. The van der Waals surface area contributed by atoms with Crippen molar-refractivity contribution in [2.75, 3.05) is 6.54 Å². The van der Waals surface area contributed by atoms with Crippen LogP contribution in [0, 0.1) is 0 Å². The number of nitrogens with two attached hydrogens (primary N) is 1. The van der Waals surface area contributed by atoms with Crippen LogP contribution < -0.4 is 5.73 Å². The molecule has 1 aromatic heterocycles. The maximum Gasteiger partial charge on any atom is 0.0525 e. The fourth-order valence-corrected chi connectivity index (χ4v) is 0.739. The van der Waals surface area contributed by atoms with Crippen LogP contribution in [0.25, 0.3) is 0 Å². The Kier molecular flexibility index (Phi) is 1.76. The fraction of sp³-hybridized carbons (Fsp3) is 0.571. The predicted molar refractivity (Wildman–Crippen MR) is 40.7 cm³/mol. The lowest BCUT2D eigenvalue weighted by molar-refractivity contribution is 0.539. The van der Waals surface area contributed by atoms with Crippen LogP contribution >= 0.6 is 0 Å². The smallest absolute Gasteiger partial charge is 0.0525 e. The van der Waals surface area contributed by atoms with Gasteiger partial charge in [0.2, 0.25) is 0 Å². The lowest BCUT2D eigenvalue weighted by atomic mass is 9.87. The molecule has 0 unspecified atom stereocenters. The highest BCUT2D eigenvalue weighted by Gasteiger charge is 2.18. The summed E-state index contributed by atoms with van der Waals surface area (Å²) in [6, 6.07) is 0. The highest BCUT2D eigenvalue weighted by Crippen LogP contribution is 2.19. The third kappa shape index (κ3) is 1.19. The Labute approximate surface area is 60.6 Å². The average Bonchev–Trinajstić information content (AvgIpc) is 2.38. The maximum absolute atomic E-state index is 5.56. The summed E-state index contributed by atoms with van der Waals surface area (Å²) < 4.78 is 0. The summed E-state index contributed by atoms with van der Waals surface area (Å²) in [7, 11) is 0. The van der Waals surface area contributed by atoms with Crippen molar-refractivity contribution in [3.8, 4) is 0 Å². The molecular weight excluding hydrogens is 126 g/mol. The molecule has 0 amide bonds. The largest absolute Gasteiger partial charge is 0.330 e. The van der Waals surface area contributed by atoms with Gasteiger partial charge in [0.15, 0.2) is 0 Å². The van der Waals surface area contributed by atoms with Gasteiger partial charge in [-0.15, -0.1) is 0 Å². The lowest BCUT2D eigenvalue weighted by Crippen LogP contribution is -2.27. The third-order valence-electron chi connectivity index (χ3n) is 1.79. The zero-order valence-corrected chi connectivity index (χ0v) is 6.39. The first-order valence-corrected chi connectivity index (χ1v) is 3.36. The van der Waals surface area contributed by atoms with Crippen molar-refractivity contribution >= 4 is 0 Å². The van der Waals surface area contributed by atoms with Crippen LogP contribution in [0.1, 0.15) is 19.4 Å². The van der Waals surface area contributed by atoms with Crippen molar-refractivity contribution < 1.29 is 0 Å². The molecular formula is C7H13N3. The van der Waals surface area contributed by atoms with E-state index in [-0.39, 0.29) is 5.41 Å². The van der Waals surface area contributed by atoms with Crippen LogP contribution in [0.5, 0.6) is 0 Å². The summed E-state index contributed by atoms with van der Waals surface area (Å²) in [5, 5.41) is 6.62. The Balaban J connectivity index is 2.85. The normalized spacial score (nSPS) is 11.9. The zero-order chi connectivity index (χ0) is 7.61. The Morgan fingerprint density at radius 1 is 1.70 bits per heavy atom. The summed E-state index contributed by atoms with van der Waals surface area (Å²) in [5.41, 5.74) is 6.77. The van der Waals surface area contributed by atoms with E-state index in [0.717, 1.165) is 5.56 Å². The SMILES string of the molecule is CC(C)(CN)c1cn[nH]c1. The first kappa shape index (κ1) is 7.28. The molecule has 0 aliphatic carbocycles. The molecule has 0 saturated carbocycles. The van der Waals surface area contributed by atoms with Crippen LogP contribution in [0.2, 0.25) is 0 Å². The summed E-state index contributed by atoms with van der Waals surface area (Å²) in [5.74, 6) is 0. The quantitative estimate of drug-likeness (QED) is 0.632. The highest BCUT2D eigenvalue weighted by molar-refractivity contribution is 5.16. The number of hydrogen-bond donors (Lipinski definition) is 2. The Bertz CT molecular complexity index is 189. The first-order valence-electron chi connectivity index (χ1n) is 3.36. The molecule has 0 fully saturated rings. The number of aromatic nitrogens is 2. The van der Waals surface area contributed by atoms with Crippen molar-refractivity contribution in [1.82, 2.24) is 10.2 Å². The topological polar surface area (TPSA) is 54.7 Å². The molecule has 0 bridgehead atoms. The first-order chi connectivity index (χ1) is 4.67. The van der Waals surface area contributed by atoms with Crippen molar-refractivity contribution in [1.29, 1.82) is 0 Å². The van der Waals surface area contributed by atoms with Crippen LogP contribution in [0.3, 0.4) is 0 Å². The van der Waals surface area contributed by atoms with Crippen LogP contribution in [0.15, 0.2) is 12.4 Å². The lowest BCUT2D eigenvalue weighted by Gasteiger charge is -2.19.